The van der Waals surface area contributed by atoms with E-state index >= 15 is 0 Å². The van der Waals surface area contributed by atoms with Gasteiger partial charge in [-0.2, -0.15) is 0 Å². The number of amides is 2. The predicted molar refractivity (Wildman–Crippen MR) is 107 cm³/mol. The van der Waals surface area contributed by atoms with E-state index < -0.39 is 0 Å². The molecule has 1 atom stereocenters. The lowest BCUT2D eigenvalue weighted by Gasteiger charge is -2.27. The summed E-state index contributed by atoms with van der Waals surface area (Å²) >= 11 is 1.30. The number of aliphatic imine (C=N–C) groups is 1. The van der Waals surface area contributed by atoms with Gasteiger partial charge in [-0.05, 0) is 36.8 Å². The van der Waals surface area contributed by atoms with Crippen molar-refractivity contribution in [3.63, 3.8) is 0 Å². The van der Waals surface area contributed by atoms with Crippen molar-refractivity contribution in [3.05, 3.63) is 70.7 Å². The van der Waals surface area contributed by atoms with Gasteiger partial charge in [0.1, 0.15) is 4.88 Å². The predicted octanol–water partition coefficient (Wildman–Crippen LogP) is 2.60. The fourth-order valence-corrected chi connectivity index (χ4v) is 4.08. The Morgan fingerprint density at radius 2 is 2.14 bits per heavy atom. The molecule has 3 heterocycles. The number of aryl methyl sites for hydroxylation is 1. The van der Waals surface area contributed by atoms with Gasteiger partial charge in [0.15, 0.2) is 5.13 Å². The standard InChI is InChI=1S/C20H18N4O3S/c1-12-18(28-20(21-12)24-7-3-4-8-24)19(26)22-14-5-6-15-13(11-27-2)9-17(25)23-16(15)10-14/h3-10,15H,11H2,1-2H3,(H,23,25). The van der Waals surface area contributed by atoms with Crippen LogP contribution in [-0.4, -0.2) is 40.8 Å². The third kappa shape index (κ3) is 3.51. The van der Waals surface area contributed by atoms with Crippen LogP contribution in [0, 0.1) is 12.8 Å². The molecule has 0 radical (unpaired) electrons. The van der Waals surface area contributed by atoms with Crippen molar-refractivity contribution < 1.29 is 14.3 Å². The van der Waals surface area contributed by atoms with Gasteiger partial charge >= 0.3 is 0 Å². The van der Waals surface area contributed by atoms with Gasteiger partial charge in [-0.15, -0.1) is 0 Å². The average Bonchev–Trinajstić information content (AvgIpc) is 3.31. The molecular weight excluding hydrogens is 376 g/mol. The van der Waals surface area contributed by atoms with Gasteiger partial charge in [-0.1, -0.05) is 17.4 Å². The molecule has 1 aliphatic heterocycles. The Labute approximate surface area is 165 Å². The van der Waals surface area contributed by atoms with E-state index in [1.807, 2.05) is 35.2 Å². The van der Waals surface area contributed by atoms with Gasteiger partial charge < -0.3 is 14.6 Å². The van der Waals surface area contributed by atoms with Crippen LogP contribution in [0.4, 0.5) is 0 Å². The van der Waals surface area contributed by atoms with Gasteiger partial charge in [0, 0.05) is 37.2 Å². The summed E-state index contributed by atoms with van der Waals surface area (Å²) in [5.41, 5.74) is 2.70. The fraction of sp³-hybridized carbons (Fsp3) is 0.200. The second kappa shape index (κ2) is 7.49. The lowest BCUT2D eigenvalue weighted by molar-refractivity contribution is -0.116. The van der Waals surface area contributed by atoms with Crippen LogP contribution in [0.2, 0.25) is 0 Å². The lowest BCUT2D eigenvalue weighted by atomic mass is 9.88. The number of fused-ring (bicyclic) bond motifs is 1. The van der Waals surface area contributed by atoms with Crippen LogP contribution in [0.1, 0.15) is 15.4 Å². The Balaban J connectivity index is 1.59. The zero-order chi connectivity index (χ0) is 19.7. The molecule has 7 nitrogen and oxygen atoms in total. The maximum Gasteiger partial charge on any atom is 0.289 e. The summed E-state index contributed by atoms with van der Waals surface area (Å²) in [4.78, 5) is 33.8. The molecule has 2 aromatic heterocycles. The van der Waals surface area contributed by atoms with E-state index in [4.69, 9.17) is 4.74 Å². The molecule has 1 unspecified atom stereocenters. The SMILES string of the molecule is COCC1=CC(=O)NC2=CC(=NC(=O)c3sc(-n4cccc4)nc3C)C=CC12. The van der Waals surface area contributed by atoms with Crippen LogP contribution in [0.5, 0.6) is 0 Å². The molecule has 1 N–H and O–H groups in total. The quantitative estimate of drug-likeness (QED) is 0.864. The highest BCUT2D eigenvalue weighted by Gasteiger charge is 2.26. The van der Waals surface area contributed by atoms with E-state index in [0.29, 0.717) is 28.6 Å². The summed E-state index contributed by atoms with van der Waals surface area (Å²) in [5, 5.41) is 3.54. The van der Waals surface area contributed by atoms with Crippen LogP contribution >= 0.6 is 11.3 Å². The molecule has 2 amide bonds. The van der Waals surface area contributed by atoms with Crippen LogP contribution in [0.25, 0.3) is 5.13 Å². The minimum absolute atomic E-state index is 0.0720. The fourth-order valence-electron chi connectivity index (χ4n) is 3.16. The highest BCUT2D eigenvalue weighted by atomic mass is 32.1. The highest BCUT2D eigenvalue weighted by molar-refractivity contribution is 7.16. The van der Waals surface area contributed by atoms with Crippen molar-refractivity contribution in [2.75, 3.05) is 13.7 Å². The first kappa shape index (κ1) is 18.3. The molecule has 0 fully saturated rings. The monoisotopic (exact) mass is 394 g/mol. The third-order valence-electron chi connectivity index (χ3n) is 4.43. The van der Waals surface area contributed by atoms with E-state index in [0.717, 1.165) is 10.7 Å². The van der Waals surface area contributed by atoms with E-state index in [1.165, 1.54) is 11.3 Å². The number of allylic oxidation sites excluding steroid dienone is 3. The number of hydrogen-bond acceptors (Lipinski definition) is 5. The van der Waals surface area contributed by atoms with Crippen LogP contribution in [0.15, 0.2) is 65.1 Å². The van der Waals surface area contributed by atoms with Crippen molar-refractivity contribution in [1.82, 2.24) is 14.9 Å². The van der Waals surface area contributed by atoms with E-state index in [1.54, 1.807) is 32.3 Å². The molecule has 0 spiro atoms. The van der Waals surface area contributed by atoms with E-state index in [-0.39, 0.29) is 17.7 Å². The number of methoxy groups -OCH3 is 1. The van der Waals surface area contributed by atoms with Crippen molar-refractivity contribution in [2.24, 2.45) is 10.9 Å². The molecule has 4 rings (SSSR count). The maximum atomic E-state index is 12.7. The number of thiazole rings is 1. The van der Waals surface area contributed by atoms with Gasteiger partial charge in [-0.3, -0.25) is 9.59 Å². The first-order chi connectivity index (χ1) is 13.5. The summed E-state index contributed by atoms with van der Waals surface area (Å²) in [6.07, 6.45) is 10.7. The molecule has 0 bridgehead atoms. The second-order valence-electron chi connectivity index (χ2n) is 6.42. The minimum Gasteiger partial charge on any atom is -0.380 e. The first-order valence-corrected chi connectivity index (χ1v) is 9.51. The Hall–Kier alpha value is -3.10. The minimum atomic E-state index is -0.349. The summed E-state index contributed by atoms with van der Waals surface area (Å²) in [7, 11) is 1.59. The number of hydrogen-bond donors (Lipinski definition) is 1. The number of ether oxygens (including phenoxy) is 1. The molecular formula is C20H18N4O3S. The third-order valence-corrected chi connectivity index (χ3v) is 5.59. The molecule has 0 saturated heterocycles. The Bertz CT molecular complexity index is 1060. The summed E-state index contributed by atoms with van der Waals surface area (Å²) < 4.78 is 7.03. The van der Waals surface area contributed by atoms with Gasteiger partial charge in [-0.25, -0.2) is 9.98 Å². The Morgan fingerprint density at radius 3 is 2.89 bits per heavy atom. The van der Waals surface area contributed by atoms with Crippen LogP contribution < -0.4 is 5.32 Å². The van der Waals surface area contributed by atoms with Crippen LogP contribution in [0.3, 0.4) is 0 Å². The van der Waals surface area contributed by atoms with Crippen molar-refractivity contribution in [2.45, 2.75) is 6.92 Å². The molecule has 2 aromatic rings. The number of rotatable bonds is 4. The molecule has 8 heteroatoms. The largest absolute Gasteiger partial charge is 0.380 e. The molecule has 2 aliphatic rings. The summed E-state index contributed by atoms with van der Waals surface area (Å²) in [6, 6.07) is 3.80. The lowest BCUT2D eigenvalue weighted by Crippen LogP contribution is -2.34. The molecule has 142 valence electrons. The summed E-state index contributed by atoms with van der Waals surface area (Å²) in [5.74, 6) is -0.625. The second-order valence-corrected chi connectivity index (χ2v) is 7.40. The number of carbonyl (C=O) groups excluding carboxylic acids is 2. The van der Waals surface area contributed by atoms with Gasteiger partial charge in [0.05, 0.1) is 18.0 Å². The van der Waals surface area contributed by atoms with Gasteiger partial charge in [0.2, 0.25) is 5.91 Å². The highest BCUT2D eigenvalue weighted by Crippen LogP contribution is 2.28. The first-order valence-electron chi connectivity index (χ1n) is 8.69. The Kier molecular flexibility index (Phi) is 4.89. The molecule has 0 saturated carbocycles. The van der Waals surface area contributed by atoms with Crippen molar-refractivity contribution in [1.29, 1.82) is 0 Å². The average molecular weight is 394 g/mol. The van der Waals surface area contributed by atoms with Crippen molar-refractivity contribution in [3.8, 4) is 5.13 Å². The number of nitrogens with zero attached hydrogens (tertiary/aromatic N) is 3. The molecule has 28 heavy (non-hydrogen) atoms. The molecule has 1 aliphatic carbocycles. The topological polar surface area (TPSA) is 85.6 Å². The zero-order valence-electron chi connectivity index (χ0n) is 15.4. The molecule has 0 aromatic carbocycles. The number of aromatic nitrogens is 2. The van der Waals surface area contributed by atoms with Crippen molar-refractivity contribution >= 4 is 28.9 Å². The zero-order valence-corrected chi connectivity index (χ0v) is 16.2. The number of nitrogens with one attached hydrogen (secondary N) is 1. The maximum absolute atomic E-state index is 12.7. The summed E-state index contributed by atoms with van der Waals surface area (Å²) in [6.45, 7) is 2.17. The van der Waals surface area contributed by atoms with E-state index in [2.05, 4.69) is 15.3 Å². The number of carbonyl (C=O) groups is 2. The van der Waals surface area contributed by atoms with Gasteiger partial charge in [0.25, 0.3) is 5.91 Å². The normalized spacial score (nSPS) is 19.9. The van der Waals surface area contributed by atoms with Crippen LogP contribution in [-0.2, 0) is 9.53 Å². The van der Waals surface area contributed by atoms with E-state index in [9.17, 15) is 9.59 Å². The smallest absolute Gasteiger partial charge is 0.289 e. The Morgan fingerprint density at radius 1 is 1.36 bits per heavy atom.